The van der Waals surface area contributed by atoms with Gasteiger partial charge in [0.1, 0.15) is 0 Å². The van der Waals surface area contributed by atoms with E-state index in [-0.39, 0.29) is 33.7 Å². The monoisotopic (exact) mass is 393 g/mol. The van der Waals surface area contributed by atoms with Gasteiger partial charge < -0.3 is 21.9 Å². The van der Waals surface area contributed by atoms with Crippen molar-refractivity contribution < 1.29 is 41.7 Å². The number of nitrogens with zero attached hydrogens (tertiary/aromatic N) is 2. The van der Waals surface area contributed by atoms with E-state index < -0.39 is 10.2 Å². The van der Waals surface area contributed by atoms with E-state index >= 15 is 0 Å². The molecule has 0 saturated carbocycles. The first-order valence-electron chi connectivity index (χ1n) is 2.76. The zero-order valence-corrected chi connectivity index (χ0v) is 9.29. The standard InChI is InChI=1S/C3H8N2.2HNO3.Pt/c1-3(5)2-4;2*2-1(3)4;/h3-5H,2H2,1H3;2*(H,2,3,4);/q-2;;;+2. The topological polar surface area (TPSA) is 174 Å². The first-order valence-corrected chi connectivity index (χ1v) is 2.76. The number of hydrogen-bond acceptors (Lipinski definition) is 4. The normalized spacial score (nSPS) is 8.79. The second kappa shape index (κ2) is 17.9. The molecular formula is C3H10N4O6Pt. The van der Waals surface area contributed by atoms with Crippen molar-refractivity contribution in [1.82, 2.24) is 0 Å². The zero-order chi connectivity index (χ0) is 11.4. The molecule has 0 radical (unpaired) electrons. The van der Waals surface area contributed by atoms with Gasteiger partial charge in [0.25, 0.3) is 10.2 Å². The molecule has 0 heterocycles. The van der Waals surface area contributed by atoms with Gasteiger partial charge in [-0.3, -0.25) is 0 Å². The number of hydrogen-bond donors (Lipinski definition) is 2. The van der Waals surface area contributed by atoms with Crippen LogP contribution in [-0.4, -0.2) is 33.2 Å². The molecule has 0 aliphatic carbocycles. The van der Waals surface area contributed by atoms with Gasteiger partial charge in [0.05, 0.1) is 0 Å². The van der Waals surface area contributed by atoms with Gasteiger partial charge in [-0.05, 0) is 0 Å². The fourth-order valence-corrected chi connectivity index (χ4v) is 0. The molecule has 0 spiro atoms. The second-order valence-corrected chi connectivity index (χ2v) is 1.58. The molecular weight excluding hydrogens is 383 g/mol. The maximum Gasteiger partial charge on any atom is 2.00 e. The van der Waals surface area contributed by atoms with E-state index in [1.54, 1.807) is 6.92 Å². The molecule has 0 bridgehead atoms. The Kier molecular flexibility index (Phi) is 29.6. The third-order valence-electron chi connectivity index (χ3n) is 0.306. The summed E-state index contributed by atoms with van der Waals surface area (Å²) in [5.74, 6) is 0. The smallest absolute Gasteiger partial charge is 0.679 e. The van der Waals surface area contributed by atoms with Crippen LogP contribution in [-0.2, 0) is 21.1 Å². The van der Waals surface area contributed by atoms with E-state index in [9.17, 15) is 0 Å². The first-order chi connectivity index (χ1) is 5.73. The van der Waals surface area contributed by atoms with Crippen molar-refractivity contribution in [3.63, 3.8) is 0 Å². The molecule has 10 nitrogen and oxygen atoms in total. The van der Waals surface area contributed by atoms with E-state index in [1.165, 1.54) is 0 Å². The predicted octanol–water partition coefficient (Wildman–Crippen LogP) is 0.781. The van der Waals surface area contributed by atoms with E-state index in [4.69, 9.17) is 42.1 Å². The van der Waals surface area contributed by atoms with Crippen molar-refractivity contribution in [3.05, 3.63) is 31.7 Å². The average Bonchev–Trinajstić information content (AvgIpc) is 1.84. The van der Waals surface area contributed by atoms with Gasteiger partial charge >= 0.3 is 21.1 Å². The Morgan fingerprint density at radius 1 is 1.29 bits per heavy atom. The summed E-state index contributed by atoms with van der Waals surface area (Å²) in [7, 11) is 0. The molecule has 14 heavy (non-hydrogen) atoms. The van der Waals surface area contributed by atoms with E-state index in [2.05, 4.69) is 0 Å². The molecule has 0 aromatic heterocycles. The molecule has 0 saturated heterocycles. The van der Waals surface area contributed by atoms with Crippen LogP contribution in [0.25, 0.3) is 11.5 Å². The van der Waals surface area contributed by atoms with Crippen LogP contribution < -0.4 is 0 Å². The molecule has 0 rings (SSSR count). The summed E-state index contributed by atoms with van der Waals surface area (Å²) in [6.45, 7) is 1.92. The molecule has 0 aliphatic heterocycles. The van der Waals surface area contributed by atoms with Crippen molar-refractivity contribution in [3.8, 4) is 0 Å². The minimum atomic E-state index is -1.50. The summed E-state index contributed by atoms with van der Waals surface area (Å²) in [6.07, 6.45) is 0. The largest absolute Gasteiger partial charge is 2.00 e. The summed E-state index contributed by atoms with van der Waals surface area (Å²) >= 11 is 0. The summed E-state index contributed by atoms with van der Waals surface area (Å²) in [5.41, 5.74) is 13.1. The zero-order valence-electron chi connectivity index (χ0n) is 7.02. The quantitative estimate of drug-likeness (QED) is 0.491. The predicted molar refractivity (Wildman–Crippen MR) is 40.5 cm³/mol. The molecule has 1 atom stereocenters. The van der Waals surface area contributed by atoms with Crippen LogP contribution >= 0.6 is 0 Å². The van der Waals surface area contributed by atoms with Gasteiger partial charge in [0.2, 0.25) is 0 Å². The fraction of sp³-hybridized carbons (Fsp3) is 1.00. The Hall–Kier alpha value is -0.992. The van der Waals surface area contributed by atoms with Gasteiger partial charge in [-0.1, -0.05) is 6.92 Å². The Balaban J connectivity index is -0.0000000522. The summed E-state index contributed by atoms with van der Waals surface area (Å²) < 4.78 is 0. The van der Waals surface area contributed by atoms with Gasteiger partial charge in [0, 0.05) is 0 Å². The molecule has 4 N–H and O–H groups in total. The minimum Gasteiger partial charge on any atom is -0.679 e. The van der Waals surface area contributed by atoms with Crippen molar-refractivity contribution in [2.24, 2.45) is 0 Å². The van der Waals surface area contributed by atoms with Crippen molar-refractivity contribution >= 4 is 0 Å². The second-order valence-electron chi connectivity index (χ2n) is 1.58. The summed E-state index contributed by atoms with van der Waals surface area (Å²) in [5, 5.41) is 27.3. The molecule has 0 aliphatic rings. The molecule has 1 unspecified atom stereocenters. The molecule has 0 aromatic rings. The van der Waals surface area contributed by atoms with Crippen LogP contribution in [0, 0.1) is 20.2 Å². The molecule has 0 fully saturated rings. The van der Waals surface area contributed by atoms with E-state index in [0.29, 0.717) is 0 Å². The van der Waals surface area contributed by atoms with Gasteiger partial charge in [-0.2, -0.15) is 12.6 Å². The third-order valence-corrected chi connectivity index (χ3v) is 0.306. The fourth-order valence-electron chi connectivity index (χ4n) is 0. The van der Waals surface area contributed by atoms with Crippen LogP contribution in [0.15, 0.2) is 0 Å². The minimum absolute atomic E-state index is 0. The Morgan fingerprint density at radius 2 is 1.36 bits per heavy atom. The molecule has 0 amide bonds. The average molecular weight is 393 g/mol. The maximum atomic E-state index is 8.36. The van der Waals surface area contributed by atoms with Gasteiger partial charge in [-0.15, -0.1) is 20.2 Å². The van der Waals surface area contributed by atoms with Crippen LogP contribution in [0.4, 0.5) is 0 Å². The van der Waals surface area contributed by atoms with Gasteiger partial charge in [0.15, 0.2) is 0 Å². The maximum absolute atomic E-state index is 8.36. The van der Waals surface area contributed by atoms with Crippen LogP contribution in [0.1, 0.15) is 6.92 Å². The molecule has 0 aromatic carbocycles. The number of nitrogens with one attached hydrogen (secondary N) is 2. The Morgan fingerprint density at radius 3 is 1.36 bits per heavy atom. The van der Waals surface area contributed by atoms with E-state index in [0.717, 1.165) is 0 Å². The third kappa shape index (κ3) is 1080. The first kappa shape index (κ1) is 23.1. The van der Waals surface area contributed by atoms with Crippen molar-refractivity contribution in [2.45, 2.75) is 13.0 Å². The van der Waals surface area contributed by atoms with Gasteiger partial charge in [-0.25, -0.2) is 0 Å². The Labute approximate surface area is 93.4 Å². The Bertz CT molecular complexity index is 123. The van der Waals surface area contributed by atoms with E-state index in [1.807, 2.05) is 0 Å². The summed E-state index contributed by atoms with van der Waals surface area (Å²) in [6, 6.07) is -0.199. The number of rotatable bonds is 1. The van der Waals surface area contributed by atoms with Crippen molar-refractivity contribution in [1.29, 1.82) is 0 Å². The van der Waals surface area contributed by atoms with Crippen LogP contribution in [0.3, 0.4) is 0 Å². The molecule has 88 valence electrons. The SMILES string of the molecule is CC([NH-])C[NH-].O=[N+]([O-])O.O=[N+]([O-])O.[Pt+2]. The van der Waals surface area contributed by atoms with Crippen LogP contribution in [0.5, 0.6) is 0 Å². The summed E-state index contributed by atoms with van der Waals surface area (Å²) in [4.78, 5) is 16.7. The van der Waals surface area contributed by atoms with Crippen molar-refractivity contribution in [2.75, 3.05) is 6.54 Å². The molecule has 11 heteroatoms. The van der Waals surface area contributed by atoms with Crippen LogP contribution in [0.2, 0.25) is 0 Å².